The first-order chi connectivity index (χ1) is 12.2. The number of pyridine rings is 1. The number of esters is 1. The highest BCUT2D eigenvalue weighted by Gasteiger charge is 2.23. The number of rotatable bonds is 6. The molecule has 0 bridgehead atoms. The summed E-state index contributed by atoms with van der Waals surface area (Å²) in [6.45, 7) is 4.98. The van der Waals surface area contributed by atoms with Gasteiger partial charge < -0.3 is 9.30 Å². The van der Waals surface area contributed by atoms with Crippen molar-refractivity contribution in [2.75, 3.05) is 6.61 Å². The maximum Gasteiger partial charge on any atom is 0.340 e. The molecule has 0 saturated carbocycles. The highest BCUT2D eigenvalue weighted by atomic mass is 16.5. The van der Waals surface area contributed by atoms with Crippen molar-refractivity contribution < 1.29 is 9.53 Å². The summed E-state index contributed by atoms with van der Waals surface area (Å²) in [4.78, 5) is 16.7. The molecular formula is C21H22N2O2. The van der Waals surface area contributed by atoms with Gasteiger partial charge in [-0.3, -0.25) is 4.98 Å². The molecule has 0 aliphatic carbocycles. The molecule has 4 nitrogen and oxygen atoms in total. The maximum atomic E-state index is 12.6. The topological polar surface area (TPSA) is 44.1 Å². The molecule has 1 aromatic carbocycles. The maximum absolute atomic E-state index is 12.6. The third kappa shape index (κ3) is 3.63. The fourth-order valence-electron chi connectivity index (χ4n) is 3.08. The van der Waals surface area contributed by atoms with E-state index in [1.165, 1.54) is 5.56 Å². The van der Waals surface area contributed by atoms with E-state index < -0.39 is 0 Å². The second kappa shape index (κ2) is 7.79. The van der Waals surface area contributed by atoms with Crippen LogP contribution in [0.4, 0.5) is 0 Å². The van der Waals surface area contributed by atoms with Gasteiger partial charge in [-0.05, 0) is 36.6 Å². The van der Waals surface area contributed by atoms with Crippen LogP contribution in [0.1, 0.15) is 35.5 Å². The minimum atomic E-state index is -0.266. The van der Waals surface area contributed by atoms with Crippen LogP contribution in [-0.4, -0.2) is 22.1 Å². The molecule has 128 valence electrons. The van der Waals surface area contributed by atoms with Gasteiger partial charge in [-0.1, -0.05) is 37.3 Å². The van der Waals surface area contributed by atoms with Gasteiger partial charge in [-0.15, -0.1) is 0 Å². The first-order valence-electron chi connectivity index (χ1n) is 8.58. The lowest BCUT2D eigenvalue weighted by molar-refractivity contribution is 0.0526. The van der Waals surface area contributed by atoms with Crippen LogP contribution in [0, 0.1) is 0 Å². The number of nitrogens with zero attached hydrogens (tertiary/aromatic N) is 2. The molecule has 0 unspecified atom stereocenters. The van der Waals surface area contributed by atoms with Gasteiger partial charge in [0.25, 0.3) is 0 Å². The number of ether oxygens (including phenoxy) is 1. The Morgan fingerprint density at radius 2 is 1.80 bits per heavy atom. The number of hydrogen-bond acceptors (Lipinski definition) is 3. The Labute approximate surface area is 148 Å². The predicted octanol–water partition coefficient (Wildman–Crippen LogP) is 4.34. The largest absolute Gasteiger partial charge is 0.462 e. The van der Waals surface area contributed by atoms with E-state index >= 15 is 0 Å². The number of carbonyl (C=O) groups excluding carboxylic acids is 1. The summed E-state index contributed by atoms with van der Waals surface area (Å²) in [5.41, 5.74) is 4.72. The first-order valence-corrected chi connectivity index (χ1v) is 8.58. The highest BCUT2D eigenvalue weighted by Crippen LogP contribution is 2.30. The van der Waals surface area contributed by atoms with E-state index in [1.54, 1.807) is 12.4 Å². The van der Waals surface area contributed by atoms with Crippen molar-refractivity contribution in [1.82, 2.24) is 9.55 Å². The lowest BCUT2D eigenvalue weighted by Crippen LogP contribution is -2.10. The third-order valence-electron chi connectivity index (χ3n) is 4.19. The van der Waals surface area contributed by atoms with E-state index in [-0.39, 0.29) is 5.97 Å². The quantitative estimate of drug-likeness (QED) is 0.630. The van der Waals surface area contributed by atoms with Gasteiger partial charge in [0.1, 0.15) is 0 Å². The molecule has 3 rings (SSSR count). The Kier molecular flexibility index (Phi) is 5.29. The summed E-state index contributed by atoms with van der Waals surface area (Å²) in [5.74, 6) is -0.266. The number of aromatic nitrogens is 2. The predicted molar refractivity (Wildman–Crippen MR) is 98.5 cm³/mol. The molecule has 2 heterocycles. The lowest BCUT2D eigenvalue weighted by Gasteiger charge is -2.10. The minimum Gasteiger partial charge on any atom is -0.462 e. The van der Waals surface area contributed by atoms with Gasteiger partial charge in [-0.25, -0.2) is 4.79 Å². The second-order valence-electron chi connectivity index (χ2n) is 5.79. The standard InChI is InChI=1S/C21H22N2O2/c1-3-19-20(21(24)25-4-2)18(17-10-12-22-13-11-17)15-23(19)14-16-8-6-5-7-9-16/h5-13,15H,3-4,14H2,1-2H3. The van der Waals surface area contributed by atoms with Gasteiger partial charge in [0.2, 0.25) is 0 Å². The van der Waals surface area contributed by atoms with Crippen molar-refractivity contribution in [3.05, 3.63) is 77.9 Å². The fourth-order valence-corrected chi connectivity index (χ4v) is 3.08. The first kappa shape index (κ1) is 17.0. The average Bonchev–Trinajstić information content (AvgIpc) is 3.02. The Morgan fingerprint density at radius 3 is 2.44 bits per heavy atom. The summed E-state index contributed by atoms with van der Waals surface area (Å²) in [6, 6.07) is 14.1. The molecule has 0 aliphatic heterocycles. The van der Waals surface area contributed by atoms with Crippen molar-refractivity contribution in [1.29, 1.82) is 0 Å². The van der Waals surface area contributed by atoms with Gasteiger partial charge in [-0.2, -0.15) is 0 Å². The second-order valence-corrected chi connectivity index (χ2v) is 5.79. The van der Waals surface area contributed by atoms with E-state index in [9.17, 15) is 4.79 Å². The molecule has 25 heavy (non-hydrogen) atoms. The average molecular weight is 334 g/mol. The molecule has 0 aliphatic rings. The lowest BCUT2D eigenvalue weighted by atomic mass is 10.0. The SMILES string of the molecule is CCOC(=O)c1c(-c2ccncc2)cn(Cc2ccccc2)c1CC. The molecule has 3 aromatic rings. The summed E-state index contributed by atoms with van der Waals surface area (Å²) in [6.07, 6.45) is 6.29. The molecular weight excluding hydrogens is 312 g/mol. The van der Waals surface area contributed by atoms with E-state index in [4.69, 9.17) is 4.74 Å². The molecule has 0 atom stereocenters. The Morgan fingerprint density at radius 1 is 1.08 bits per heavy atom. The van der Waals surface area contributed by atoms with Gasteiger partial charge in [0.05, 0.1) is 12.2 Å². The van der Waals surface area contributed by atoms with E-state index in [0.29, 0.717) is 12.2 Å². The molecule has 0 N–H and O–H groups in total. The van der Waals surface area contributed by atoms with Crippen molar-refractivity contribution in [3.63, 3.8) is 0 Å². The van der Waals surface area contributed by atoms with Crippen LogP contribution in [0.15, 0.2) is 61.1 Å². The fraction of sp³-hybridized carbons (Fsp3) is 0.238. The van der Waals surface area contributed by atoms with Gasteiger partial charge in [0, 0.05) is 36.4 Å². The van der Waals surface area contributed by atoms with Crippen molar-refractivity contribution in [2.45, 2.75) is 26.8 Å². The van der Waals surface area contributed by atoms with Gasteiger partial charge >= 0.3 is 5.97 Å². The van der Waals surface area contributed by atoms with Crippen LogP contribution in [-0.2, 0) is 17.7 Å². The van der Waals surface area contributed by atoms with E-state index in [0.717, 1.165) is 29.8 Å². The van der Waals surface area contributed by atoms with Crippen LogP contribution >= 0.6 is 0 Å². The Balaban J connectivity index is 2.11. The van der Waals surface area contributed by atoms with Crippen LogP contribution < -0.4 is 0 Å². The van der Waals surface area contributed by atoms with Crippen molar-refractivity contribution in [3.8, 4) is 11.1 Å². The van der Waals surface area contributed by atoms with Crippen LogP contribution in [0.25, 0.3) is 11.1 Å². The monoisotopic (exact) mass is 334 g/mol. The normalized spacial score (nSPS) is 10.6. The van der Waals surface area contributed by atoms with Crippen molar-refractivity contribution in [2.24, 2.45) is 0 Å². The Hall–Kier alpha value is -2.88. The molecule has 4 heteroatoms. The summed E-state index contributed by atoms with van der Waals surface area (Å²) < 4.78 is 7.48. The Bertz CT molecular complexity index is 839. The zero-order valence-electron chi connectivity index (χ0n) is 14.6. The minimum absolute atomic E-state index is 0.266. The smallest absolute Gasteiger partial charge is 0.340 e. The molecule has 0 spiro atoms. The highest BCUT2D eigenvalue weighted by molar-refractivity contribution is 5.98. The van der Waals surface area contributed by atoms with E-state index in [2.05, 4.69) is 28.6 Å². The third-order valence-corrected chi connectivity index (χ3v) is 4.19. The van der Waals surface area contributed by atoms with Crippen LogP contribution in [0.3, 0.4) is 0 Å². The molecule has 0 radical (unpaired) electrons. The number of hydrogen-bond donors (Lipinski definition) is 0. The van der Waals surface area contributed by atoms with Crippen LogP contribution in [0.2, 0.25) is 0 Å². The number of benzene rings is 1. The summed E-state index contributed by atoms with van der Waals surface area (Å²) in [5, 5.41) is 0. The summed E-state index contributed by atoms with van der Waals surface area (Å²) in [7, 11) is 0. The summed E-state index contributed by atoms with van der Waals surface area (Å²) >= 11 is 0. The number of carbonyl (C=O) groups is 1. The van der Waals surface area contributed by atoms with Crippen LogP contribution in [0.5, 0.6) is 0 Å². The van der Waals surface area contributed by atoms with Gasteiger partial charge in [0.15, 0.2) is 0 Å². The van der Waals surface area contributed by atoms with E-state index in [1.807, 2.05) is 43.5 Å². The molecule has 0 fully saturated rings. The molecule has 0 amide bonds. The zero-order chi connectivity index (χ0) is 17.6. The molecule has 0 saturated heterocycles. The van der Waals surface area contributed by atoms with Crippen molar-refractivity contribution >= 4 is 5.97 Å². The zero-order valence-corrected chi connectivity index (χ0v) is 14.6. The molecule has 2 aromatic heterocycles.